The molecule has 0 bridgehead atoms. The van der Waals surface area contributed by atoms with Gasteiger partial charge in [-0.15, -0.1) is 11.3 Å². The maximum atomic E-state index is 11.9. The van der Waals surface area contributed by atoms with Gasteiger partial charge in [-0.25, -0.2) is 0 Å². The number of halogens is 1. The summed E-state index contributed by atoms with van der Waals surface area (Å²) in [5.74, 6) is 0.932. The molecular formula is C19H23ClN4OS. The van der Waals surface area contributed by atoms with Crippen LogP contribution in [0.5, 0.6) is 0 Å². The highest BCUT2D eigenvalue weighted by molar-refractivity contribution is 7.16. The number of carbonyl (C=O) groups excluding carboxylic acids is 1. The zero-order valence-electron chi connectivity index (χ0n) is 14.7. The van der Waals surface area contributed by atoms with Gasteiger partial charge in [0.05, 0.1) is 10.9 Å². The molecule has 2 heterocycles. The normalized spacial score (nSPS) is 16.8. The van der Waals surface area contributed by atoms with Crippen molar-refractivity contribution in [1.29, 1.82) is 0 Å². The van der Waals surface area contributed by atoms with Crippen LogP contribution in [-0.4, -0.2) is 31.5 Å². The molecule has 3 rings (SSSR count). The summed E-state index contributed by atoms with van der Waals surface area (Å²) in [6, 6.07) is 11.9. The largest absolute Gasteiger partial charge is 0.357 e. The highest BCUT2D eigenvalue weighted by Crippen LogP contribution is 2.31. The molecule has 0 spiro atoms. The molecule has 1 unspecified atom stereocenters. The summed E-state index contributed by atoms with van der Waals surface area (Å²) in [4.78, 5) is 17.9. The van der Waals surface area contributed by atoms with E-state index in [1.54, 1.807) is 11.3 Å². The Balaban J connectivity index is 1.61. The standard InChI is InChI=1S/C19H23ClN4OS/c1-2-21-19(22-10-9-14-7-8-17(20)26-14)23-12-13-11-18(25)24-16-6-4-3-5-15(13)16/h3-8,13H,2,9-12H2,1H3,(H,24,25)(H2,21,22,23). The van der Waals surface area contributed by atoms with E-state index in [1.807, 2.05) is 31.2 Å². The fraction of sp³-hybridized carbons (Fsp3) is 0.368. The number of rotatable bonds is 6. The van der Waals surface area contributed by atoms with Crippen LogP contribution >= 0.6 is 22.9 Å². The van der Waals surface area contributed by atoms with Gasteiger partial charge in [0.2, 0.25) is 5.91 Å². The fourth-order valence-electron chi connectivity index (χ4n) is 3.00. The monoisotopic (exact) mass is 390 g/mol. The molecule has 138 valence electrons. The molecule has 26 heavy (non-hydrogen) atoms. The van der Waals surface area contributed by atoms with Gasteiger partial charge in [0.15, 0.2) is 5.96 Å². The van der Waals surface area contributed by atoms with E-state index in [0.29, 0.717) is 13.0 Å². The van der Waals surface area contributed by atoms with Crippen LogP contribution in [0.15, 0.2) is 41.4 Å². The first-order chi connectivity index (χ1) is 12.7. The summed E-state index contributed by atoms with van der Waals surface area (Å²) < 4.78 is 0.815. The lowest BCUT2D eigenvalue weighted by Crippen LogP contribution is -2.38. The molecule has 0 saturated heterocycles. The minimum atomic E-state index is 0.0523. The van der Waals surface area contributed by atoms with Gasteiger partial charge < -0.3 is 16.0 Å². The van der Waals surface area contributed by atoms with E-state index in [9.17, 15) is 4.79 Å². The van der Waals surface area contributed by atoms with E-state index >= 15 is 0 Å². The van der Waals surface area contributed by atoms with Gasteiger partial charge in [-0.3, -0.25) is 9.79 Å². The Labute approximate surface area is 162 Å². The Morgan fingerprint density at radius 3 is 2.92 bits per heavy atom. The van der Waals surface area contributed by atoms with Crippen molar-refractivity contribution in [1.82, 2.24) is 10.6 Å². The average Bonchev–Trinajstić information content (AvgIpc) is 3.04. The SMILES string of the molecule is CCNC(=NCC1CC(=O)Nc2ccccc21)NCCc1ccc(Cl)s1. The molecule has 3 N–H and O–H groups in total. The Bertz CT molecular complexity index is 789. The van der Waals surface area contributed by atoms with Gasteiger partial charge in [-0.2, -0.15) is 0 Å². The van der Waals surface area contributed by atoms with Crippen molar-refractivity contribution < 1.29 is 4.79 Å². The summed E-state index contributed by atoms with van der Waals surface area (Å²) in [6.07, 6.45) is 1.37. The Kier molecular flexibility index (Phi) is 6.52. The molecule has 1 aromatic heterocycles. The second kappa shape index (κ2) is 9.05. The van der Waals surface area contributed by atoms with Crippen molar-refractivity contribution >= 4 is 40.5 Å². The summed E-state index contributed by atoms with van der Waals surface area (Å²) in [7, 11) is 0. The summed E-state index contributed by atoms with van der Waals surface area (Å²) >= 11 is 7.57. The van der Waals surface area contributed by atoms with E-state index < -0.39 is 0 Å². The molecule has 0 aliphatic carbocycles. The first kappa shape index (κ1) is 18.7. The third-order valence-corrected chi connectivity index (χ3v) is 5.50. The van der Waals surface area contributed by atoms with Crippen LogP contribution in [-0.2, 0) is 11.2 Å². The van der Waals surface area contributed by atoms with E-state index in [4.69, 9.17) is 16.6 Å². The van der Waals surface area contributed by atoms with Crippen LogP contribution in [0.1, 0.15) is 29.7 Å². The van der Waals surface area contributed by atoms with E-state index in [2.05, 4.69) is 28.1 Å². The third kappa shape index (κ3) is 4.99. The summed E-state index contributed by atoms with van der Waals surface area (Å²) in [5.41, 5.74) is 2.05. The van der Waals surface area contributed by atoms with Gasteiger partial charge in [0.25, 0.3) is 0 Å². The molecule has 1 amide bonds. The highest BCUT2D eigenvalue weighted by Gasteiger charge is 2.24. The number of hydrogen-bond acceptors (Lipinski definition) is 3. The van der Waals surface area contributed by atoms with Crippen LogP contribution in [0, 0.1) is 0 Å². The molecule has 1 aliphatic heterocycles. The number of para-hydroxylation sites is 1. The molecule has 2 aromatic rings. The van der Waals surface area contributed by atoms with Crippen molar-refractivity contribution in [3.63, 3.8) is 0 Å². The smallest absolute Gasteiger partial charge is 0.225 e. The van der Waals surface area contributed by atoms with Crippen LogP contribution in [0.4, 0.5) is 5.69 Å². The Morgan fingerprint density at radius 1 is 1.31 bits per heavy atom. The molecule has 0 saturated carbocycles. The summed E-state index contributed by atoms with van der Waals surface area (Å²) in [5, 5.41) is 9.55. The maximum Gasteiger partial charge on any atom is 0.225 e. The van der Waals surface area contributed by atoms with Crippen LogP contribution in [0.25, 0.3) is 0 Å². The number of carbonyl (C=O) groups is 1. The number of fused-ring (bicyclic) bond motifs is 1. The van der Waals surface area contributed by atoms with Gasteiger partial charge in [-0.1, -0.05) is 29.8 Å². The van der Waals surface area contributed by atoms with Crippen molar-refractivity contribution in [3.8, 4) is 0 Å². The van der Waals surface area contributed by atoms with Gasteiger partial charge in [0, 0.05) is 36.0 Å². The lowest BCUT2D eigenvalue weighted by Gasteiger charge is -2.24. The number of nitrogens with zero attached hydrogens (tertiary/aromatic N) is 1. The zero-order chi connectivity index (χ0) is 18.4. The molecule has 5 nitrogen and oxygen atoms in total. The number of thiophene rings is 1. The Hall–Kier alpha value is -2.05. The molecule has 1 atom stereocenters. The minimum Gasteiger partial charge on any atom is -0.357 e. The fourth-order valence-corrected chi connectivity index (χ4v) is 4.09. The van der Waals surface area contributed by atoms with E-state index in [0.717, 1.165) is 41.1 Å². The minimum absolute atomic E-state index is 0.0523. The highest BCUT2D eigenvalue weighted by atomic mass is 35.5. The zero-order valence-corrected chi connectivity index (χ0v) is 16.3. The first-order valence-electron chi connectivity index (χ1n) is 8.81. The average molecular weight is 391 g/mol. The van der Waals surface area contributed by atoms with Crippen molar-refractivity contribution in [3.05, 3.63) is 51.2 Å². The van der Waals surface area contributed by atoms with Crippen LogP contribution in [0.2, 0.25) is 4.34 Å². The maximum absolute atomic E-state index is 11.9. The topological polar surface area (TPSA) is 65.5 Å². The number of hydrogen-bond donors (Lipinski definition) is 3. The van der Waals surface area contributed by atoms with Gasteiger partial charge >= 0.3 is 0 Å². The summed E-state index contributed by atoms with van der Waals surface area (Å²) in [6.45, 7) is 4.19. The van der Waals surface area contributed by atoms with E-state index in [1.165, 1.54) is 4.88 Å². The Morgan fingerprint density at radius 2 is 2.15 bits per heavy atom. The number of aliphatic imine (C=N–C) groups is 1. The molecule has 1 aliphatic rings. The van der Waals surface area contributed by atoms with E-state index in [-0.39, 0.29) is 11.8 Å². The predicted molar refractivity (Wildman–Crippen MR) is 109 cm³/mol. The van der Waals surface area contributed by atoms with Crippen LogP contribution in [0.3, 0.4) is 0 Å². The van der Waals surface area contributed by atoms with Gasteiger partial charge in [-0.05, 0) is 37.1 Å². The molecule has 0 radical (unpaired) electrons. The second-order valence-corrected chi connectivity index (χ2v) is 7.94. The van der Waals surface area contributed by atoms with Crippen molar-refractivity contribution in [2.45, 2.75) is 25.7 Å². The van der Waals surface area contributed by atoms with Gasteiger partial charge in [0.1, 0.15) is 0 Å². The molecule has 1 aromatic carbocycles. The van der Waals surface area contributed by atoms with Crippen LogP contribution < -0.4 is 16.0 Å². The lowest BCUT2D eigenvalue weighted by molar-refractivity contribution is -0.116. The third-order valence-electron chi connectivity index (χ3n) is 4.21. The molecule has 7 heteroatoms. The first-order valence-corrected chi connectivity index (χ1v) is 10.0. The number of nitrogens with one attached hydrogen (secondary N) is 3. The van der Waals surface area contributed by atoms with Crippen molar-refractivity contribution in [2.24, 2.45) is 4.99 Å². The predicted octanol–water partition coefficient (Wildman–Crippen LogP) is 3.63. The molecular weight excluding hydrogens is 368 g/mol. The lowest BCUT2D eigenvalue weighted by atomic mass is 9.91. The van der Waals surface area contributed by atoms with Crippen molar-refractivity contribution in [2.75, 3.05) is 25.0 Å². The number of anilines is 1. The number of amides is 1. The quantitative estimate of drug-likeness (QED) is 0.521. The number of guanidine groups is 1. The number of benzene rings is 1. The molecule has 0 fully saturated rings. The second-order valence-electron chi connectivity index (χ2n) is 6.14.